The van der Waals surface area contributed by atoms with Gasteiger partial charge in [0.25, 0.3) is 5.91 Å². The smallest absolute Gasteiger partial charge is 0.322 e. The van der Waals surface area contributed by atoms with E-state index in [4.69, 9.17) is 4.74 Å². The molecule has 4 amide bonds. The van der Waals surface area contributed by atoms with E-state index in [0.717, 1.165) is 16.9 Å². The molecule has 0 spiro atoms. The maximum atomic E-state index is 12.6. The second-order valence-electron chi connectivity index (χ2n) is 6.92. The molecule has 0 bridgehead atoms. The summed E-state index contributed by atoms with van der Waals surface area (Å²) in [7, 11) is 1.60. The first kappa shape index (κ1) is 19.4. The summed E-state index contributed by atoms with van der Waals surface area (Å²) in [4.78, 5) is 35.9. The van der Waals surface area contributed by atoms with Gasteiger partial charge in [-0.05, 0) is 36.6 Å². The van der Waals surface area contributed by atoms with Gasteiger partial charge in [-0.1, -0.05) is 42.5 Å². The molecule has 7 nitrogen and oxygen atoms in total. The topological polar surface area (TPSA) is 96.5 Å². The molecular formula is C21H23N3O4. The van der Waals surface area contributed by atoms with Crippen molar-refractivity contribution in [1.29, 1.82) is 0 Å². The van der Waals surface area contributed by atoms with E-state index in [0.29, 0.717) is 0 Å². The van der Waals surface area contributed by atoms with Crippen molar-refractivity contribution in [3.63, 3.8) is 0 Å². The molecule has 1 heterocycles. The fourth-order valence-electron chi connectivity index (χ4n) is 3.15. The van der Waals surface area contributed by atoms with Crippen molar-refractivity contribution < 1.29 is 19.1 Å². The van der Waals surface area contributed by atoms with Crippen LogP contribution in [0.5, 0.6) is 5.75 Å². The molecule has 3 rings (SSSR count). The van der Waals surface area contributed by atoms with Crippen LogP contribution in [0.4, 0.5) is 4.79 Å². The highest BCUT2D eigenvalue weighted by Crippen LogP contribution is 2.25. The summed E-state index contributed by atoms with van der Waals surface area (Å²) >= 11 is 0. The summed E-state index contributed by atoms with van der Waals surface area (Å²) in [6.45, 7) is 1.61. The van der Waals surface area contributed by atoms with Crippen LogP contribution in [0.2, 0.25) is 0 Å². The average molecular weight is 381 g/mol. The molecule has 3 N–H and O–H groups in total. The number of benzene rings is 2. The number of ether oxygens (including phenoxy) is 1. The first-order chi connectivity index (χ1) is 13.4. The van der Waals surface area contributed by atoms with Gasteiger partial charge in [0, 0.05) is 6.42 Å². The minimum Gasteiger partial charge on any atom is -0.497 e. The maximum Gasteiger partial charge on any atom is 0.322 e. The number of amides is 4. The number of carbonyl (C=O) groups excluding carboxylic acids is 3. The van der Waals surface area contributed by atoms with Crippen LogP contribution in [0.25, 0.3) is 0 Å². The lowest BCUT2D eigenvalue weighted by molar-refractivity contribution is -0.125. The standard InChI is InChI=1S/C21H23N3O4/c1-21(19(26)23-20(27)24-21)13-12-17(25)22-18(14-6-4-3-5-7-14)15-8-10-16(28-2)11-9-15/h3-11,18H,12-13H2,1-2H3,(H,22,25)(H2,23,24,26,27)/t18-,21-/m0/s1. The van der Waals surface area contributed by atoms with Crippen molar-refractivity contribution in [2.24, 2.45) is 0 Å². The lowest BCUT2D eigenvalue weighted by Gasteiger charge is -2.23. The summed E-state index contributed by atoms with van der Waals surface area (Å²) in [5.74, 6) is 0.109. The van der Waals surface area contributed by atoms with E-state index in [1.54, 1.807) is 14.0 Å². The second-order valence-corrected chi connectivity index (χ2v) is 6.92. The Kier molecular flexibility index (Phi) is 5.63. The van der Waals surface area contributed by atoms with Gasteiger partial charge in [-0.15, -0.1) is 0 Å². The molecule has 2 aromatic rings. The molecule has 1 saturated heterocycles. The molecule has 146 valence electrons. The van der Waals surface area contributed by atoms with Crippen molar-refractivity contribution in [2.75, 3.05) is 7.11 Å². The van der Waals surface area contributed by atoms with Crippen molar-refractivity contribution in [3.8, 4) is 5.75 Å². The van der Waals surface area contributed by atoms with Crippen molar-refractivity contribution in [2.45, 2.75) is 31.3 Å². The number of rotatable bonds is 7. The number of methoxy groups -OCH3 is 1. The largest absolute Gasteiger partial charge is 0.497 e. The molecule has 0 radical (unpaired) electrons. The summed E-state index contributed by atoms with van der Waals surface area (Å²) < 4.78 is 5.20. The van der Waals surface area contributed by atoms with Crippen LogP contribution < -0.4 is 20.7 Å². The molecule has 0 saturated carbocycles. The monoisotopic (exact) mass is 381 g/mol. The van der Waals surface area contributed by atoms with Crippen molar-refractivity contribution in [1.82, 2.24) is 16.0 Å². The van der Waals surface area contributed by atoms with Crippen molar-refractivity contribution in [3.05, 3.63) is 65.7 Å². The highest BCUT2D eigenvalue weighted by molar-refractivity contribution is 6.06. The van der Waals surface area contributed by atoms with Crippen LogP contribution >= 0.6 is 0 Å². The van der Waals surface area contributed by atoms with Gasteiger partial charge in [-0.25, -0.2) is 4.79 Å². The van der Waals surface area contributed by atoms with Gasteiger partial charge in [0.15, 0.2) is 0 Å². The normalized spacial score (nSPS) is 19.5. The van der Waals surface area contributed by atoms with Crippen LogP contribution in [-0.4, -0.2) is 30.5 Å². The minimum absolute atomic E-state index is 0.101. The zero-order valence-corrected chi connectivity index (χ0v) is 15.8. The first-order valence-electron chi connectivity index (χ1n) is 9.03. The quantitative estimate of drug-likeness (QED) is 0.641. The number of hydrogen-bond acceptors (Lipinski definition) is 4. The second kappa shape index (κ2) is 8.12. The van der Waals surface area contributed by atoms with Gasteiger partial charge < -0.3 is 15.4 Å². The number of imide groups is 1. The summed E-state index contributed by atoms with van der Waals surface area (Å²) in [5, 5.41) is 7.80. The summed E-state index contributed by atoms with van der Waals surface area (Å²) in [6, 6.07) is 16.3. The Bertz CT molecular complexity index is 867. The van der Waals surface area contributed by atoms with Crippen LogP contribution in [0.1, 0.15) is 36.9 Å². The third-order valence-electron chi connectivity index (χ3n) is 4.86. The maximum absolute atomic E-state index is 12.6. The van der Waals surface area contributed by atoms with Gasteiger partial charge >= 0.3 is 6.03 Å². The Morgan fingerprint density at radius 3 is 2.29 bits per heavy atom. The Morgan fingerprint density at radius 2 is 1.71 bits per heavy atom. The molecule has 1 fully saturated rings. The van der Waals surface area contributed by atoms with Crippen LogP contribution in [0.3, 0.4) is 0 Å². The number of hydrogen-bond donors (Lipinski definition) is 3. The van der Waals surface area contributed by atoms with E-state index in [-0.39, 0.29) is 24.8 Å². The van der Waals surface area contributed by atoms with E-state index in [1.165, 1.54) is 0 Å². The predicted molar refractivity (Wildman–Crippen MR) is 104 cm³/mol. The zero-order chi connectivity index (χ0) is 20.1. The van der Waals surface area contributed by atoms with Gasteiger partial charge in [-0.3, -0.25) is 14.9 Å². The molecule has 0 aromatic heterocycles. The third-order valence-corrected chi connectivity index (χ3v) is 4.86. The van der Waals surface area contributed by atoms with Crippen LogP contribution in [0, 0.1) is 0 Å². The molecule has 7 heteroatoms. The van der Waals surface area contributed by atoms with E-state index in [1.807, 2.05) is 54.6 Å². The van der Waals surface area contributed by atoms with E-state index in [2.05, 4.69) is 16.0 Å². The molecule has 0 aliphatic carbocycles. The van der Waals surface area contributed by atoms with Crippen LogP contribution in [0.15, 0.2) is 54.6 Å². The predicted octanol–water partition coefficient (Wildman–Crippen LogP) is 2.28. The Labute approximate surface area is 163 Å². The third kappa shape index (κ3) is 4.31. The Balaban J connectivity index is 1.73. The highest BCUT2D eigenvalue weighted by atomic mass is 16.5. The molecule has 1 aliphatic rings. The fraction of sp³-hybridized carbons (Fsp3) is 0.286. The van der Waals surface area contributed by atoms with Crippen molar-refractivity contribution >= 4 is 17.8 Å². The first-order valence-corrected chi connectivity index (χ1v) is 9.03. The van der Waals surface area contributed by atoms with Gasteiger partial charge in [0.2, 0.25) is 5.91 Å². The molecular weight excluding hydrogens is 358 g/mol. The molecule has 1 aliphatic heterocycles. The molecule has 28 heavy (non-hydrogen) atoms. The Hall–Kier alpha value is -3.35. The Morgan fingerprint density at radius 1 is 1.07 bits per heavy atom. The molecule has 2 atom stereocenters. The summed E-state index contributed by atoms with van der Waals surface area (Å²) in [5.41, 5.74) is 0.786. The van der Waals surface area contributed by atoms with Gasteiger partial charge in [0.1, 0.15) is 11.3 Å². The fourth-order valence-corrected chi connectivity index (χ4v) is 3.15. The molecule has 0 unspecified atom stereocenters. The average Bonchev–Trinajstić information content (AvgIpc) is 2.97. The lowest BCUT2D eigenvalue weighted by Crippen LogP contribution is -2.44. The molecule has 2 aromatic carbocycles. The van der Waals surface area contributed by atoms with Crippen LogP contribution in [-0.2, 0) is 9.59 Å². The zero-order valence-electron chi connectivity index (χ0n) is 15.8. The van der Waals surface area contributed by atoms with Gasteiger partial charge in [-0.2, -0.15) is 0 Å². The van der Waals surface area contributed by atoms with Gasteiger partial charge in [0.05, 0.1) is 13.2 Å². The summed E-state index contributed by atoms with van der Waals surface area (Å²) in [6.07, 6.45) is 0.310. The lowest BCUT2D eigenvalue weighted by atomic mass is 9.95. The van der Waals surface area contributed by atoms with E-state index in [9.17, 15) is 14.4 Å². The minimum atomic E-state index is -1.07. The highest BCUT2D eigenvalue weighted by Gasteiger charge is 2.41. The number of urea groups is 1. The van der Waals surface area contributed by atoms with E-state index >= 15 is 0 Å². The number of nitrogens with one attached hydrogen (secondary N) is 3. The number of carbonyl (C=O) groups is 3. The van der Waals surface area contributed by atoms with E-state index < -0.39 is 17.5 Å². The SMILES string of the molecule is COc1ccc([C@@H](NC(=O)CC[C@]2(C)NC(=O)NC2=O)c2ccccc2)cc1.